The standard InChI is InChI=1S/C21H25N3O3S2.ClH/c1-4-16-10-11-18-19(14-16)28-21(22-18)24(13-12-23(2)3)20(25)15-29(26,27)17-8-6-5-7-9-17;/h5-11,14H,4,12-13,15H2,1-3H3;1H. The number of aromatic nitrogens is 1. The van der Waals surface area contributed by atoms with Crippen molar-refractivity contribution < 1.29 is 13.2 Å². The lowest BCUT2D eigenvalue weighted by atomic mass is 10.2. The summed E-state index contributed by atoms with van der Waals surface area (Å²) in [6.07, 6.45) is 0.918. The zero-order valence-electron chi connectivity index (χ0n) is 17.2. The molecule has 0 radical (unpaired) electrons. The van der Waals surface area contributed by atoms with Crippen LogP contribution in [0.2, 0.25) is 0 Å². The second kappa shape index (κ2) is 10.3. The SMILES string of the molecule is CCc1ccc2nc(N(CCN(C)C)C(=O)CS(=O)(=O)c3ccccc3)sc2c1.Cl. The topological polar surface area (TPSA) is 70.6 Å². The van der Waals surface area contributed by atoms with Crippen LogP contribution in [0.15, 0.2) is 53.4 Å². The van der Waals surface area contributed by atoms with E-state index in [1.807, 2.05) is 31.1 Å². The first-order valence-electron chi connectivity index (χ1n) is 9.42. The highest BCUT2D eigenvalue weighted by atomic mass is 35.5. The predicted molar refractivity (Wildman–Crippen MR) is 126 cm³/mol. The van der Waals surface area contributed by atoms with Gasteiger partial charge in [0.1, 0.15) is 5.75 Å². The Morgan fingerprint density at radius 3 is 2.40 bits per heavy atom. The number of halogens is 1. The molecule has 9 heteroatoms. The van der Waals surface area contributed by atoms with E-state index in [0.29, 0.717) is 18.2 Å². The van der Waals surface area contributed by atoms with Crippen molar-refractivity contribution in [1.82, 2.24) is 9.88 Å². The maximum Gasteiger partial charge on any atom is 0.244 e. The van der Waals surface area contributed by atoms with Gasteiger partial charge in [0.25, 0.3) is 0 Å². The van der Waals surface area contributed by atoms with Gasteiger partial charge >= 0.3 is 0 Å². The zero-order chi connectivity index (χ0) is 21.0. The fourth-order valence-corrected chi connectivity index (χ4v) is 5.16. The van der Waals surface area contributed by atoms with Crippen LogP contribution in [0.5, 0.6) is 0 Å². The summed E-state index contributed by atoms with van der Waals surface area (Å²) >= 11 is 1.42. The third-order valence-corrected chi connectivity index (χ3v) is 7.23. The Hall–Kier alpha value is -2.00. The molecule has 0 saturated heterocycles. The molecule has 162 valence electrons. The van der Waals surface area contributed by atoms with Crippen molar-refractivity contribution in [3.8, 4) is 0 Å². The maximum absolute atomic E-state index is 13.0. The van der Waals surface area contributed by atoms with E-state index in [1.54, 1.807) is 18.2 Å². The van der Waals surface area contributed by atoms with Gasteiger partial charge in [-0.1, -0.05) is 42.5 Å². The van der Waals surface area contributed by atoms with E-state index in [2.05, 4.69) is 18.0 Å². The van der Waals surface area contributed by atoms with Crippen LogP contribution in [-0.2, 0) is 21.1 Å². The van der Waals surface area contributed by atoms with Crippen molar-refractivity contribution >= 4 is 54.8 Å². The number of carbonyl (C=O) groups excluding carboxylic acids is 1. The van der Waals surface area contributed by atoms with Crippen LogP contribution in [0.1, 0.15) is 12.5 Å². The van der Waals surface area contributed by atoms with E-state index in [0.717, 1.165) is 16.6 Å². The van der Waals surface area contributed by atoms with Crippen molar-refractivity contribution in [3.63, 3.8) is 0 Å². The lowest BCUT2D eigenvalue weighted by molar-refractivity contribution is -0.116. The molecular weight excluding hydrogens is 442 g/mol. The molecule has 1 amide bonds. The second-order valence-corrected chi connectivity index (χ2v) is 10.1. The molecule has 2 aromatic carbocycles. The van der Waals surface area contributed by atoms with Gasteiger partial charge in [-0.25, -0.2) is 13.4 Å². The van der Waals surface area contributed by atoms with Crippen LogP contribution >= 0.6 is 23.7 Å². The highest BCUT2D eigenvalue weighted by Gasteiger charge is 2.26. The van der Waals surface area contributed by atoms with Crippen LogP contribution in [-0.4, -0.2) is 57.1 Å². The molecule has 0 bridgehead atoms. The van der Waals surface area contributed by atoms with Gasteiger partial charge in [-0.15, -0.1) is 12.4 Å². The first-order valence-corrected chi connectivity index (χ1v) is 11.9. The number of hydrogen-bond acceptors (Lipinski definition) is 6. The summed E-state index contributed by atoms with van der Waals surface area (Å²) in [5, 5.41) is 0.531. The number of nitrogens with zero attached hydrogens (tertiary/aromatic N) is 3. The largest absolute Gasteiger partial charge is 0.308 e. The van der Waals surface area contributed by atoms with Gasteiger partial charge in [-0.05, 0) is 50.3 Å². The number of rotatable bonds is 8. The number of benzene rings is 2. The summed E-state index contributed by atoms with van der Waals surface area (Å²) in [5.74, 6) is -1.05. The molecule has 3 aromatic rings. The van der Waals surface area contributed by atoms with Crippen molar-refractivity contribution in [2.45, 2.75) is 18.2 Å². The molecule has 1 heterocycles. The van der Waals surface area contributed by atoms with Crippen LogP contribution in [0.4, 0.5) is 5.13 Å². The monoisotopic (exact) mass is 467 g/mol. The van der Waals surface area contributed by atoms with Crippen LogP contribution < -0.4 is 4.90 Å². The summed E-state index contributed by atoms with van der Waals surface area (Å²) in [4.78, 5) is 21.2. The Morgan fingerprint density at radius 1 is 1.07 bits per heavy atom. The third-order valence-electron chi connectivity index (χ3n) is 4.57. The molecule has 0 N–H and O–H groups in total. The molecule has 0 fully saturated rings. The van der Waals surface area contributed by atoms with E-state index in [1.165, 1.54) is 33.9 Å². The minimum Gasteiger partial charge on any atom is -0.308 e. The van der Waals surface area contributed by atoms with Gasteiger partial charge in [0.05, 0.1) is 15.1 Å². The zero-order valence-corrected chi connectivity index (χ0v) is 19.7. The first kappa shape index (κ1) is 24.3. The second-order valence-electron chi connectivity index (χ2n) is 7.07. The Bertz CT molecular complexity index is 1100. The van der Waals surface area contributed by atoms with E-state index < -0.39 is 21.5 Å². The highest BCUT2D eigenvalue weighted by molar-refractivity contribution is 7.92. The Balaban J connectivity index is 0.00000320. The Morgan fingerprint density at radius 2 is 1.77 bits per heavy atom. The van der Waals surface area contributed by atoms with Gasteiger partial charge in [0.15, 0.2) is 15.0 Å². The quantitative estimate of drug-likeness (QED) is 0.505. The van der Waals surface area contributed by atoms with Crippen LogP contribution in [0.25, 0.3) is 10.2 Å². The van der Waals surface area contributed by atoms with Gasteiger partial charge in [0, 0.05) is 13.1 Å². The molecule has 0 saturated carbocycles. The number of anilines is 1. The molecule has 1 aromatic heterocycles. The number of sulfone groups is 1. The number of carbonyl (C=O) groups is 1. The van der Waals surface area contributed by atoms with Crippen LogP contribution in [0.3, 0.4) is 0 Å². The number of hydrogen-bond donors (Lipinski definition) is 0. The summed E-state index contributed by atoms with van der Waals surface area (Å²) < 4.78 is 26.4. The highest BCUT2D eigenvalue weighted by Crippen LogP contribution is 2.30. The van der Waals surface area contributed by atoms with Crippen molar-refractivity contribution in [2.75, 3.05) is 37.8 Å². The number of fused-ring (bicyclic) bond motifs is 1. The predicted octanol–water partition coefficient (Wildman–Crippen LogP) is 3.65. The summed E-state index contributed by atoms with van der Waals surface area (Å²) in [6, 6.07) is 14.1. The summed E-state index contributed by atoms with van der Waals surface area (Å²) in [6.45, 7) is 3.06. The van der Waals surface area contributed by atoms with E-state index in [-0.39, 0.29) is 17.3 Å². The molecule has 0 aliphatic rings. The molecular formula is C21H26ClN3O3S2. The van der Waals surface area contributed by atoms with Crippen molar-refractivity contribution in [3.05, 3.63) is 54.1 Å². The molecule has 0 unspecified atom stereocenters. The average molecular weight is 468 g/mol. The van der Waals surface area contributed by atoms with Gasteiger partial charge in [-0.2, -0.15) is 0 Å². The van der Waals surface area contributed by atoms with Crippen molar-refractivity contribution in [2.24, 2.45) is 0 Å². The van der Waals surface area contributed by atoms with Gasteiger partial charge in [0.2, 0.25) is 5.91 Å². The van der Waals surface area contributed by atoms with Gasteiger partial charge < -0.3 is 4.90 Å². The van der Waals surface area contributed by atoms with E-state index in [9.17, 15) is 13.2 Å². The lowest BCUT2D eigenvalue weighted by Gasteiger charge is -2.22. The molecule has 0 aliphatic carbocycles. The maximum atomic E-state index is 13.0. The molecule has 3 rings (SSSR count). The smallest absolute Gasteiger partial charge is 0.244 e. The third kappa shape index (κ3) is 5.78. The minimum atomic E-state index is -3.72. The van der Waals surface area contributed by atoms with Gasteiger partial charge in [-0.3, -0.25) is 9.69 Å². The average Bonchev–Trinajstić information content (AvgIpc) is 3.10. The molecule has 30 heavy (non-hydrogen) atoms. The number of amides is 1. The fraction of sp³-hybridized carbons (Fsp3) is 0.333. The Kier molecular flexibility index (Phi) is 8.37. The summed E-state index contributed by atoms with van der Waals surface area (Å²) in [7, 11) is 0.104. The molecule has 0 spiro atoms. The Labute approximate surface area is 187 Å². The van der Waals surface area contributed by atoms with Crippen LogP contribution in [0, 0.1) is 0 Å². The summed E-state index contributed by atoms with van der Waals surface area (Å²) in [5.41, 5.74) is 2.02. The lowest BCUT2D eigenvalue weighted by Crippen LogP contribution is -2.40. The molecule has 6 nitrogen and oxygen atoms in total. The number of aryl methyl sites for hydroxylation is 1. The van der Waals surface area contributed by atoms with E-state index in [4.69, 9.17) is 0 Å². The number of likely N-dealkylation sites (N-methyl/N-ethyl adjacent to an activating group) is 1. The van der Waals surface area contributed by atoms with E-state index >= 15 is 0 Å². The molecule has 0 aliphatic heterocycles. The normalized spacial score (nSPS) is 11.5. The minimum absolute atomic E-state index is 0. The fourth-order valence-electron chi connectivity index (χ4n) is 2.87. The first-order chi connectivity index (χ1) is 13.8. The van der Waals surface area contributed by atoms with Crippen molar-refractivity contribution in [1.29, 1.82) is 0 Å². The molecule has 0 atom stereocenters. The number of thiazole rings is 1.